The summed E-state index contributed by atoms with van der Waals surface area (Å²) < 4.78 is 0. The fourth-order valence-corrected chi connectivity index (χ4v) is 1.50. The number of amides is 1. The van der Waals surface area contributed by atoms with Gasteiger partial charge in [0.2, 0.25) is 0 Å². The minimum atomic E-state index is -0.366. The number of phenols is 1. The van der Waals surface area contributed by atoms with Gasteiger partial charge >= 0.3 is 0 Å². The van der Waals surface area contributed by atoms with Crippen LogP contribution in [-0.4, -0.2) is 28.8 Å². The summed E-state index contributed by atoms with van der Waals surface area (Å²) in [6.45, 7) is 5.55. The van der Waals surface area contributed by atoms with E-state index in [1.54, 1.807) is 12.1 Å². The lowest BCUT2D eigenvalue weighted by Crippen LogP contribution is -2.41. The van der Waals surface area contributed by atoms with Gasteiger partial charge in [0.15, 0.2) is 0 Å². The molecule has 0 aliphatic rings. The fraction of sp³-hybridized carbons (Fsp3) is 0.462. The van der Waals surface area contributed by atoms with Crippen molar-refractivity contribution >= 4 is 5.91 Å². The molecule has 17 heavy (non-hydrogen) atoms. The van der Waals surface area contributed by atoms with Gasteiger partial charge in [0, 0.05) is 0 Å². The van der Waals surface area contributed by atoms with Gasteiger partial charge in [0.05, 0.1) is 18.2 Å². The lowest BCUT2D eigenvalue weighted by molar-refractivity contribution is 0.0894. The summed E-state index contributed by atoms with van der Waals surface area (Å²) in [4.78, 5) is 11.9. The maximum absolute atomic E-state index is 11.9. The maximum Gasteiger partial charge on any atom is 0.255 e. The minimum absolute atomic E-state index is 0.0389. The number of carbonyl (C=O) groups is 1. The molecule has 0 radical (unpaired) electrons. The highest BCUT2D eigenvalue weighted by atomic mass is 16.3. The topological polar surface area (TPSA) is 69.6 Å². The zero-order valence-corrected chi connectivity index (χ0v) is 10.4. The molecule has 0 saturated carbocycles. The number of nitrogens with one attached hydrogen (secondary N) is 1. The maximum atomic E-state index is 11.9. The second kappa shape index (κ2) is 5.68. The molecule has 1 amide bonds. The molecule has 4 heteroatoms. The number of aryl methyl sites for hydroxylation is 1. The van der Waals surface area contributed by atoms with Crippen LogP contribution in [0.15, 0.2) is 18.2 Å². The average Bonchev–Trinajstić information content (AvgIpc) is 2.24. The van der Waals surface area contributed by atoms with E-state index in [1.165, 1.54) is 6.07 Å². The van der Waals surface area contributed by atoms with Crippen LogP contribution in [0.3, 0.4) is 0 Å². The number of benzene rings is 1. The molecule has 0 aliphatic heterocycles. The molecule has 0 unspecified atom stereocenters. The van der Waals surface area contributed by atoms with Gasteiger partial charge in [-0.1, -0.05) is 19.9 Å². The Bertz CT molecular complexity index is 402. The van der Waals surface area contributed by atoms with Crippen molar-refractivity contribution in [3.8, 4) is 5.75 Å². The number of aromatic hydroxyl groups is 1. The second-order valence-corrected chi connectivity index (χ2v) is 4.53. The van der Waals surface area contributed by atoms with Crippen LogP contribution < -0.4 is 5.32 Å². The van der Waals surface area contributed by atoms with Crippen molar-refractivity contribution in [2.24, 2.45) is 5.92 Å². The molecule has 1 atom stereocenters. The Hall–Kier alpha value is -1.55. The number of hydrogen-bond acceptors (Lipinski definition) is 3. The zero-order valence-electron chi connectivity index (χ0n) is 10.4. The summed E-state index contributed by atoms with van der Waals surface area (Å²) in [6, 6.07) is 4.58. The first kappa shape index (κ1) is 13.5. The van der Waals surface area contributed by atoms with Crippen molar-refractivity contribution in [3.63, 3.8) is 0 Å². The number of aliphatic hydroxyl groups excluding tert-OH is 1. The molecule has 0 heterocycles. The van der Waals surface area contributed by atoms with Crippen LogP contribution in [0.1, 0.15) is 29.8 Å². The van der Waals surface area contributed by atoms with E-state index in [-0.39, 0.29) is 35.8 Å². The third kappa shape index (κ3) is 3.46. The Balaban J connectivity index is 2.82. The van der Waals surface area contributed by atoms with Crippen LogP contribution in [-0.2, 0) is 0 Å². The first-order valence-corrected chi connectivity index (χ1v) is 5.67. The van der Waals surface area contributed by atoms with E-state index < -0.39 is 0 Å². The van der Waals surface area contributed by atoms with Crippen LogP contribution >= 0.6 is 0 Å². The SMILES string of the molecule is Cc1ccc(C(=O)N[C@H](CO)C(C)C)c(O)c1. The monoisotopic (exact) mass is 237 g/mol. The Kier molecular flexibility index (Phi) is 4.52. The molecule has 0 aromatic heterocycles. The van der Waals surface area contributed by atoms with E-state index in [0.29, 0.717) is 0 Å². The van der Waals surface area contributed by atoms with Gasteiger partial charge in [-0.2, -0.15) is 0 Å². The van der Waals surface area contributed by atoms with E-state index in [1.807, 2.05) is 20.8 Å². The Morgan fingerprint density at radius 1 is 1.41 bits per heavy atom. The summed E-state index contributed by atoms with van der Waals surface area (Å²) in [5, 5.41) is 21.5. The largest absolute Gasteiger partial charge is 0.507 e. The molecule has 1 aromatic carbocycles. The Morgan fingerprint density at radius 3 is 2.53 bits per heavy atom. The number of hydrogen-bond donors (Lipinski definition) is 3. The van der Waals surface area contributed by atoms with Gasteiger partial charge in [-0.3, -0.25) is 4.79 Å². The van der Waals surface area contributed by atoms with Gasteiger partial charge in [-0.25, -0.2) is 0 Å². The first-order chi connectivity index (χ1) is 7.95. The molecule has 1 aromatic rings. The van der Waals surface area contributed by atoms with E-state index in [9.17, 15) is 9.90 Å². The lowest BCUT2D eigenvalue weighted by Gasteiger charge is -2.20. The molecule has 1 rings (SSSR count). The molecule has 3 N–H and O–H groups in total. The smallest absolute Gasteiger partial charge is 0.255 e. The molecule has 0 spiro atoms. The first-order valence-electron chi connectivity index (χ1n) is 5.67. The van der Waals surface area contributed by atoms with Crippen molar-refractivity contribution in [2.75, 3.05) is 6.61 Å². The highest BCUT2D eigenvalue weighted by molar-refractivity contribution is 5.97. The summed E-state index contributed by atoms with van der Waals surface area (Å²) in [5.41, 5.74) is 1.12. The van der Waals surface area contributed by atoms with Crippen LogP contribution in [0.4, 0.5) is 0 Å². The van der Waals surface area contributed by atoms with Gasteiger partial charge in [0.25, 0.3) is 5.91 Å². The highest BCUT2D eigenvalue weighted by Gasteiger charge is 2.18. The molecule has 4 nitrogen and oxygen atoms in total. The summed E-state index contributed by atoms with van der Waals surface area (Å²) in [5.74, 6) is -0.269. The van der Waals surface area contributed by atoms with Gasteiger partial charge < -0.3 is 15.5 Å². The summed E-state index contributed by atoms with van der Waals surface area (Å²) in [7, 11) is 0. The summed E-state index contributed by atoms with van der Waals surface area (Å²) >= 11 is 0. The van der Waals surface area contributed by atoms with Gasteiger partial charge in [0.1, 0.15) is 5.75 Å². The van der Waals surface area contributed by atoms with Crippen LogP contribution in [0.5, 0.6) is 5.75 Å². The Morgan fingerprint density at radius 2 is 2.06 bits per heavy atom. The third-order valence-corrected chi connectivity index (χ3v) is 2.72. The predicted octanol–water partition coefficient (Wildman–Crippen LogP) is 1.45. The van der Waals surface area contributed by atoms with Gasteiger partial charge in [-0.15, -0.1) is 0 Å². The number of rotatable bonds is 4. The number of carbonyl (C=O) groups excluding carboxylic acids is 1. The zero-order chi connectivity index (χ0) is 13.0. The van der Waals surface area contributed by atoms with E-state index >= 15 is 0 Å². The Labute approximate surface area is 101 Å². The molecular weight excluding hydrogens is 218 g/mol. The van der Waals surface area contributed by atoms with Crippen molar-refractivity contribution in [1.29, 1.82) is 0 Å². The number of phenolic OH excluding ortho intramolecular Hbond substituents is 1. The standard InChI is InChI=1S/C13H19NO3/c1-8(2)11(7-15)14-13(17)10-5-4-9(3)6-12(10)16/h4-6,8,11,15-16H,7H2,1-3H3,(H,14,17)/t11-/m1/s1. The molecule has 0 saturated heterocycles. The second-order valence-electron chi connectivity index (χ2n) is 4.53. The van der Waals surface area contributed by atoms with Crippen molar-refractivity contribution < 1.29 is 15.0 Å². The van der Waals surface area contributed by atoms with Crippen molar-refractivity contribution in [2.45, 2.75) is 26.8 Å². The molecule has 94 valence electrons. The normalized spacial score (nSPS) is 12.5. The molecule has 0 aliphatic carbocycles. The number of aliphatic hydroxyl groups is 1. The molecule has 0 fully saturated rings. The van der Waals surface area contributed by atoms with Crippen molar-refractivity contribution in [3.05, 3.63) is 29.3 Å². The molecular formula is C13H19NO3. The van der Waals surface area contributed by atoms with E-state index in [2.05, 4.69) is 5.32 Å². The lowest BCUT2D eigenvalue weighted by atomic mass is 10.0. The van der Waals surface area contributed by atoms with Gasteiger partial charge in [-0.05, 0) is 30.5 Å². The van der Waals surface area contributed by atoms with Crippen molar-refractivity contribution in [1.82, 2.24) is 5.32 Å². The quantitative estimate of drug-likeness (QED) is 0.742. The fourth-order valence-electron chi connectivity index (χ4n) is 1.50. The van der Waals surface area contributed by atoms with Crippen LogP contribution in [0.2, 0.25) is 0 Å². The average molecular weight is 237 g/mol. The van der Waals surface area contributed by atoms with E-state index in [0.717, 1.165) is 5.56 Å². The van der Waals surface area contributed by atoms with Crippen LogP contribution in [0, 0.1) is 12.8 Å². The third-order valence-electron chi connectivity index (χ3n) is 2.72. The van der Waals surface area contributed by atoms with E-state index in [4.69, 9.17) is 5.11 Å². The molecule has 0 bridgehead atoms. The minimum Gasteiger partial charge on any atom is -0.507 e. The van der Waals surface area contributed by atoms with Crippen LogP contribution in [0.25, 0.3) is 0 Å². The summed E-state index contributed by atoms with van der Waals surface area (Å²) in [6.07, 6.45) is 0. The predicted molar refractivity (Wildman–Crippen MR) is 66.0 cm³/mol. The highest BCUT2D eigenvalue weighted by Crippen LogP contribution is 2.18.